The summed E-state index contributed by atoms with van der Waals surface area (Å²) in [6.07, 6.45) is 3.79. The molecule has 3 rings (SSSR count). The lowest BCUT2D eigenvalue weighted by molar-refractivity contribution is 0.0532. The normalized spacial score (nSPS) is 10.5. The second-order valence-electron chi connectivity index (χ2n) is 4.71. The average molecular weight is 328 g/mol. The summed E-state index contributed by atoms with van der Waals surface area (Å²) < 4.78 is 12.2. The van der Waals surface area contributed by atoms with Crippen LogP contribution in [0.5, 0.6) is 5.75 Å². The van der Waals surface area contributed by atoms with Crippen molar-refractivity contribution < 1.29 is 14.3 Å². The molecule has 0 saturated carbocycles. The quantitative estimate of drug-likeness (QED) is 0.669. The molecule has 1 aromatic carbocycles. The molecule has 23 heavy (non-hydrogen) atoms. The molecule has 3 aromatic rings. The Kier molecular flexibility index (Phi) is 4.43. The summed E-state index contributed by atoms with van der Waals surface area (Å²) in [5, 5.41) is 0.726. The highest BCUT2D eigenvalue weighted by atomic mass is 32.1. The molecule has 0 spiro atoms. The Morgan fingerprint density at radius 3 is 2.52 bits per heavy atom. The summed E-state index contributed by atoms with van der Waals surface area (Å²) in [5.74, 6) is 0.404. The first kappa shape index (κ1) is 15.3. The molecule has 5 nitrogen and oxygen atoms in total. The molecule has 0 N–H and O–H groups in total. The van der Waals surface area contributed by atoms with Crippen molar-refractivity contribution in [3.05, 3.63) is 53.7 Å². The number of aromatic nitrogens is 2. The van der Waals surface area contributed by atoms with Gasteiger partial charge in [-0.05, 0) is 43.3 Å². The Labute approximate surface area is 138 Å². The number of carbonyl (C=O) groups is 1. The Hall–Kier alpha value is -2.60. The van der Waals surface area contributed by atoms with Gasteiger partial charge in [-0.2, -0.15) is 0 Å². The number of ether oxygens (including phenoxy) is 2. The molecule has 118 valence electrons. The minimum absolute atomic E-state index is 0.331. The maximum absolute atomic E-state index is 12.3. The van der Waals surface area contributed by atoms with Crippen LogP contribution >= 0.6 is 11.3 Å². The molecule has 0 atom stereocenters. The molecule has 0 aliphatic carbocycles. The second kappa shape index (κ2) is 6.66. The predicted molar refractivity (Wildman–Crippen MR) is 89.4 cm³/mol. The number of nitrogens with zero attached hydrogens (tertiary/aromatic N) is 2. The van der Waals surface area contributed by atoms with E-state index in [0.717, 1.165) is 16.4 Å². The Morgan fingerprint density at radius 1 is 1.22 bits per heavy atom. The van der Waals surface area contributed by atoms with E-state index >= 15 is 0 Å². The van der Waals surface area contributed by atoms with Gasteiger partial charge in [0, 0.05) is 18.0 Å². The van der Waals surface area contributed by atoms with E-state index in [0.29, 0.717) is 17.2 Å². The van der Waals surface area contributed by atoms with Crippen molar-refractivity contribution in [1.82, 2.24) is 9.55 Å². The van der Waals surface area contributed by atoms with Crippen LogP contribution in [0.1, 0.15) is 16.6 Å². The van der Waals surface area contributed by atoms with E-state index in [4.69, 9.17) is 9.47 Å². The van der Waals surface area contributed by atoms with E-state index in [1.807, 2.05) is 53.4 Å². The molecule has 6 heteroatoms. The van der Waals surface area contributed by atoms with Crippen molar-refractivity contribution >= 4 is 17.3 Å². The van der Waals surface area contributed by atoms with Crippen LogP contribution in [-0.4, -0.2) is 29.2 Å². The number of thiazole rings is 1. The second-order valence-corrected chi connectivity index (χ2v) is 5.69. The lowest BCUT2D eigenvalue weighted by atomic mass is 10.1. The van der Waals surface area contributed by atoms with Crippen LogP contribution in [0.15, 0.2) is 48.8 Å². The SMILES string of the molecule is CCOC(=O)c1sc(-n2cccc2)nc1-c1ccc(OC)cc1. The van der Waals surface area contributed by atoms with Gasteiger partial charge in [0.1, 0.15) is 10.6 Å². The van der Waals surface area contributed by atoms with E-state index in [2.05, 4.69) is 4.98 Å². The topological polar surface area (TPSA) is 53.4 Å². The van der Waals surface area contributed by atoms with Gasteiger partial charge in [0.2, 0.25) is 0 Å². The first-order valence-corrected chi connectivity index (χ1v) is 8.00. The van der Waals surface area contributed by atoms with Gasteiger partial charge < -0.3 is 14.0 Å². The van der Waals surface area contributed by atoms with Crippen LogP contribution in [0.25, 0.3) is 16.4 Å². The number of rotatable bonds is 5. The van der Waals surface area contributed by atoms with Crippen LogP contribution in [0, 0.1) is 0 Å². The maximum atomic E-state index is 12.3. The number of methoxy groups -OCH3 is 1. The Balaban J connectivity index is 2.07. The van der Waals surface area contributed by atoms with Gasteiger partial charge in [-0.25, -0.2) is 9.78 Å². The third-order valence-corrected chi connectivity index (χ3v) is 4.31. The lowest BCUT2D eigenvalue weighted by Crippen LogP contribution is -2.03. The Morgan fingerprint density at radius 2 is 1.91 bits per heavy atom. The summed E-state index contributed by atoms with van der Waals surface area (Å²) in [6.45, 7) is 2.12. The molecule has 0 aliphatic heterocycles. The zero-order valence-corrected chi connectivity index (χ0v) is 13.7. The van der Waals surface area contributed by atoms with E-state index in [1.165, 1.54) is 11.3 Å². The molecule has 2 heterocycles. The molecule has 0 unspecified atom stereocenters. The number of benzene rings is 1. The predicted octanol–water partition coefficient (Wildman–Crippen LogP) is 3.79. The molecule has 0 aliphatic rings. The third-order valence-electron chi connectivity index (χ3n) is 3.27. The van der Waals surface area contributed by atoms with Crippen LogP contribution in [-0.2, 0) is 4.74 Å². The van der Waals surface area contributed by atoms with Gasteiger partial charge >= 0.3 is 5.97 Å². The zero-order chi connectivity index (χ0) is 16.2. The van der Waals surface area contributed by atoms with Crippen LogP contribution in [0.2, 0.25) is 0 Å². The fraction of sp³-hybridized carbons (Fsp3) is 0.176. The van der Waals surface area contributed by atoms with Gasteiger partial charge in [0.05, 0.1) is 19.4 Å². The highest BCUT2D eigenvalue weighted by Crippen LogP contribution is 2.32. The van der Waals surface area contributed by atoms with E-state index in [-0.39, 0.29) is 5.97 Å². The van der Waals surface area contributed by atoms with Crippen LogP contribution in [0.3, 0.4) is 0 Å². The van der Waals surface area contributed by atoms with Crippen molar-refractivity contribution in [2.24, 2.45) is 0 Å². The van der Waals surface area contributed by atoms with Crippen molar-refractivity contribution in [2.75, 3.05) is 13.7 Å². The molecule has 0 amide bonds. The molecular formula is C17H16N2O3S. The first-order valence-electron chi connectivity index (χ1n) is 7.18. The van der Waals surface area contributed by atoms with Gasteiger partial charge in [0.15, 0.2) is 5.13 Å². The molecule has 0 radical (unpaired) electrons. The monoisotopic (exact) mass is 328 g/mol. The zero-order valence-electron chi connectivity index (χ0n) is 12.9. The summed E-state index contributed by atoms with van der Waals surface area (Å²) in [6, 6.07) is 11.3. The fourth-order valence-corrected chi connectivity index (χ4v) is 3.11. The summed E-state index contributed by atoms with van der Waals surface area (Å²) in [5.41, 5.74) is 1.48. The number of hydrogen-bond donors (Lipinski definition) is 0. The van der Waals surface area contributed by atoms with Crippen LogP contribution < -0.4 is 4.74 Å². The van der Waals surface area contributed by atoms with Crippen molar-refractivity contribution in [2.45, 2.75) is 6.92 Å². The smallest absolute Gasteiger partial charge is 0.350 e. The maximum Gasteiger partial charge on any atom is 0.350 e. The third kappa shape index (κ3) is 3.12. The van der Waals surface area contributed by atoms with E-state index < -0.39 is 0 Å². The van der Waals surface area contributed by atoms with Gasteiger partial charge in [0.25, 0.3) is 0 Å². The minimum atomic E-state index is -0.353. The molecule has 0 saturated heterocycles. The minimum Gasteiger partial charge on any atom is -0.497 e. The van der Waals surface area contributed by atoms with Gasteiger partial charge in [-0.1, -0.05) is 11.3 Å². The first-order chi connectivity index (χ1) is 11.2. The molecular weight excluding hydrogens is 312 g/mol. The van der Waals surface area contributed by atoms with Crippen LogP contribution in [0.4, 0.5) is 0 Å². The molecule has 0 fully saturated rings. The highest BCUT2D eigenvalue weighted by molar-refractivity contribution is 7.16. The molecule has 2 aromatic heterocycles. The van der Waals surface area contributed by atoms with Gasteiger partial charge in [-0.15, -0.1) is 0 Å². The molecule has 0 bridgehead atoms. The summed E-state index contributed by atoms with van der Waals surface area (Å²) in [4.78, 5) is 17.4. The lowest BCUT2D eigenvalue weighted by Gasteiger charge is -2.03. The van der Waals surface area contributed by atoms with E-state index in [9.17, 15) is 4.79 Å². The number of esters is 1. The van der Waals surface area contributed by atoms with Gasteiger partial charge in [-0.3, -0.25) is 0 Å². The standard InChI is InChI=1S/C17H16N2O3S/c1-3-22-16(20)15-14(12-6-8-13(21-2)9-7-12)18-17(23-15)19-10-4-5-11-19/h4-11H,3H2,1-2H3. The summed E-state index contributed by atoms with van der Waals surface area (Å²) >= 11 is 1.32. The van der Waals surface area contributed by atoms with E-state index in [1.54, 1.807) is 14.0 Å². The van der Waals surface area contributed by atoms with Crippen molar-refractivity contribution in [1.29, 1.82) is 0 Å². The van der Waals surface area contributed by atoms with Crippen molar-refractivity contribution in [3.8, 4) is 22.1 Å². The highest BCUT2D eigenvalue weighted by Gasteiger charge is 2.21. The van der Waals surface area contributed by atoms with Crippen molar-refractivity contribution in [3.63, 3.8) is 0 Å². The fourth-order valence-electron chi connectivity index (χ4n) is 2.16. The Bertz CT molecular complexity index is 792. The average Bonchev–Trinajstić information content (AvgIpc) is 3.24. The number of carbonyl (C=O) groups excluding carboxylic acids is 1. The summed E-state index contributed by atoms with van der Waals surface area (Å²) in [7, 11) is 1.62. The largest absolute Gasteiger partial charge is 0.497 e. The number of hydrogen-bond acceptors (Lipinski definition) is 5.